The second-order valence-electron chi connectivity index (χ2n) is 12.6. The molecule has 0 radical (unpaired) electrons. The highest BCUT2D eigenvalue weighted by molar-refractivity contribution is 6.09. The molecule has 3 heterocycles. The van der Waals surface area contributed by atoms with E-state index in [0.717, 1.165) is 77.7 Å². The summed E-state index contributed by atoms with van der Waals surface area (Å²) in [6.45, 7) is 2.03. The van der Waals surface area contributed by atoms with Crippen molar-refractivity contribution in [3.8, 4) is 67.7 Å². The summed E-state index contributed by atoms with van der Waals surface area (Å²) in [5.74, 6) is 1.94. The number of nitrogens with zero attached hydrogens (tertiary/aromatic N) is 5. The van der Waals surface area contributed by atoms with E-state index in [0.29, 0.717) is 17.5 Å². The third kappa shape index (κ3) is 5.91. The van der Waals surface area contributed by atoms with Gasteiger partial charge >= 0.3 is 0 Å². The largest absolute Gasteiger partial charge is 0.251 e. The average Bonchev–Trinajstić information content (AvgIpc) is 3.21. The van der Waals surface area contributed by atoms with Crippen molar-refractivity contribution in [2.75, 3.05) is 0 Å². The summed E-state index contributed by atoms with van der Waals surface area (Å²) in [5.41, 5.74) is 12.1. The van der Waals surface area contributed by atoms with E-state index in [9.17, 15) is 0 Å². The predicted octanol–water partition coefficient (Wildman–Crippen LogP) is 11.3. The zero-order chi connectivity index (χ0) is 34.1. The van der Waals surface area contributed by atoms with Gasteiger partial charge in [0.15, 0.2) is 17.5 Å². The smallest absolute Gasteiger partial charge is 0.164 e. The van der Waals surface area contributed by atoms with Crippen molar-refractivity contribution in [2.45, 2.75) is 6.92 Å². The summed E-state index contributed by atoms with van der Waals surface area (Å²) >= 11 is 0. The zero-order valence-electron chi connectivity index (χ0n) is 27.9. The van der Waals surface area contributed by atoms with Crippen LogP contribution in [0.4, 0.5) is 0 Å². The number of pyridine rings is 2. The van der Waals surface area contributed by atoms with Gasteiger partial charge in [-0.3, -0.25) is 4.98 Å². The number of fused-ring (bicyclic) bond motifs is 3. The Kier molecular flexibility index (Phi) is 7.63. The summed E-state index contributed by atoms with van der Waals surface area (Å²) in [6, 6.07) is 58.3. The first-order chi connectivity index (χ1) is 25.2. The Morgan fingerprint density at radius 1 is 0.333 bits per heavy atom. The normalized spacial score (nSPS) is 11.2. The number of hydrogen-bond acceptors (Lipinski definition) is 5. The number of aryl methyl sites for hydroxylation is 1. The fourth-order valence-corrected chi connectivity index (χ4v) is 6.56. The quantitative estimate of drug-likeness (QED) is 0.167. The molecule has 240 valence electrons. The molecular formula is C46H31N5. The first kappa shape index (κ1) is 30.2. The maximum absolute atomic E-state index is 5.22. The molecule has 0 fully saturated rings. The van der Waals surface area contributed by atoms with E-state index < -0.39 is 0 Å². The Bertz CT molecular complexity index is 2600. The van der Waals surface area contributed by atoms with E-state index in [2.05, 4.69) is 103 Å². The lowest BCUT2D eigenvalue weighted by molar-refractivity contribution is 1.07. The highest BCUT2D eigenvalue weighted by Gasteiger charge is 2.15. The van der Waals surface area contributed by atoms with Crippen molar-refractivity contribution in [3.63, 3.8) is 0 Å². The van der Waals surface area contributed by atoms with Crippen LogP contribution in [0, 0.1) is 6.92 Å². The van der Waals surface area contributed by atoms with Crippen molar-refractivity contribution >= 4 is 21.8 Å². The molecule has 0 saturated carbocycles. The topological polar surface area (TPSA) is 64.5 Å². The molecule has 0 unspecified atom stereocenters. The fraction of sp³-hybridized carbons (Fsp3) is 0.0217. The monoisotopic (exact) mass is 653 g/mol. The molecule has 6 aromatic carbocycles. The van der Waals surface area contributed by atoms with Crippen LogP contribution in [0.25, 0.3) is 89.5 Å². The average molecular weight is 654 g/mol. The SMILES string of the molecule is Cc1ccc2ccc3c(-c4ccccc4)cc(-c4ccc(-c5ccc(-c6nc(-c7ccccc7)nc(-c7ccccc7)n6)cc5)cc4)nc3c2n1. The molecule has 0 N–H and O–H groups in total. The lowest BCUT2D eigenvalue weighted by atomic mass is 9.96. The van der Waals surface area contributed by atoms with Crippen LogP contribution < -0.4 is 0 Å². The Balaban J connectivity index is 1.07. The number of hydrogen-bond donors (Lipinski definition) is 0. The van der Waals surface area contributed by atoms with Crippen LogP contribution >= 0.6 is 0 Å². The molecule has 0 aliphatic rings. The molecule has 5 heteroatoms. The Morgan fingerprint density at radius 3 is 1.33 bits per heavy atom. The molecule has 9 aromatic rings. The second kappa shape index (κ2) is 12.9. The lowest BCUT2D eigenvalue weighted by Gasteiger charge is -2.13. The van der Waals surface area contributed by atoms with Crippen LogP contribution in [-0.4, -0.2) is 24.9 Å². The number of benzene rings is 6. The van der Waals surface area contributed by atoms with E-state index >= 15 is 0 Å². The van der Waals surface area contributed by atoms with Crippen molar-refractivity contribution in [3.05, 3.63) is 176 Å². The minimum Gasteiger partial charge on any atom is -0.251 e. The van der Waals surface area contributed by atoms with Crippen LogP contribution in [0.5, 0.6) is 0 Å². The minimum atomic E-state index is 0.637. The van der Waals surface area contributed by atoms with E-state index in [1.54, 1.807) is 0 Å². The van der Waals surface area contributed by atoms with E-state index in [1.807, 2.05) is 73.7 Å². The van der Waals surface area contributed by atoms with Gasteiger partial charge in [-0.1, -0.05) is 158 Å². The second-order valence-corrected chi connectivity index (χ2v) is 12.6. The van der Waals surface area contributed by atoms with Gasteiger partial charge < -0.3 is 0 Å². The molecule has 0 aliphatic carbocycles. The number of rotatable bonds is 6. The number of aromatic nitrogens is 5. The standard InChI is InChI=1S/C46H31N5/c1-30-17-18-35-27-28-39-40(33-11-5-2-6-12-33)29-41(48-43(39)42(35)47-30)34-23-19-31(20-24-34)32-21-25-38(26-22-32)46-50-44(36-13-7-3-8-14-36)49-45(51-46)37-15-9-4-10-16-37/h2-29H,1H3. The van der Waals surface area contributed by atoms with Crippen molar-refractivity contribution < 1.29 is 0 Å². The Hall–Kier alpha value is -6.85. The molecule has 0 saturated heterocycles. The van der Waals surface area contributed by atoms with Crippen LogP contribution in [0.3, 0.4) is 0 Å². The van der Waals surface area contributed by atoms with Gasteiger partial charge in [0.25, 0.3) is 0 Å². The Morgan fingerprint density at radius 2 is 0.784 bits per heavy atom. The van der Waals surface area contributed by atoms with Crippen molar-refractivity contribution in [1.29, 1.82) is 0 Å². The summed E-state index contributed by atoms with van der Waals surface area (Å²) in [6.07, 6.45) is 0. The Labute approximate surface area is 296 Å². The zero-order valence-corrected chi connectivity index (χ0v) is 27.9. The lowest BCUT2D eigenvalue weighted by Crippen LogP contribution is -2.00. The summed E-state index contributed by atoms with van der Waals surface area (Å²) in [7, 11) is 0. The van der Waals surface area contributed by atoms with E-state index in [-0.39, 0.29) is 0 Å². The summed E-state index contributed by atoms with van der Waals surface area (Å²) in [5, 5.41) is 2.18. The molecule has 0 aliphatic heterocycles. The van der Waals surface area contributed by atoms with Gasteiger partial charge in [-0.2, -0.15) is 0 Å². The minimum absolute atomic E-state index is 0.637. The van der Waals surface area contributed by atoms with E-state index in [1.165, 1.54) is 0 Å². The third-order valence-electron chi connectivity index (χ3n) is 9.22. The molecule has 0 bridgehead atoms. The molecule has 51 heavy (non-hydrogen) atoms. The molecule has 5 nitrogen and oxygen atoms in total. The van der Waals surface area contributed by atoms with Crippen LogP contribution in [0.1, 0.15) is 5.69 Å². The van der Waals surface area contributed by atoms with E-state index in [4.69, 9.17) is 24.9 Å². The maximum atomic E-state index is 5.22. The van der Waals surface area contributed by atoms with Gasteiger partial charge in [-0.15, -0.1) is 0 Å². The van der Waals surface area contributed by atoms with Crippen molar-refractivity contribution in [1.82, 2.24) is 24.9 Å². The van der Waals surface area contributed by atoms with Gasteiger partial charge in [-0.05, 0) is 41.3 Å². The maximum Gasteiger partial charge on any atom is 0.164 e. The molecule has 3 aromatic heterocycles. The highest BCUT2D eigenvalue weighted by Crippen LogP contribution is 2.36. The van der Waals surface area contributed by atoms with Crippen LogP contribution in [0.2, 0.25) is 0 Å². The summed E-state index contributed by atoms with van der Waals surface area (Å²) < 4.78 is 0. The van der Waals surface area contributed by atoms with Gasteiger partial charge in [-0.25, -0.2) is 19.9 Å². The molecule has 0 spiro atoms. The van der Waals surface area contributed by atoms with Crippen molar-refractivity contribution in [2.24, 2.45) is 0 Å². The highest BCUT2D eigenvalue weighted by atomic mass is 15.0. The van der Waals surface area contributed by atoms with Gasteiger partial charge in [0.1, 0.15) is 0 Å². The summed E-state index contributed by atoms with van der Waals surface area (Å²) in [4.78, 5) is 24.7. The fourth-order valence-electron chi connectivity index (χ4n) is 6.56. The molecule has 0 amide bonds. The third-order valence-corrected chi connectivity index (χ3v) is 9.22. The molecular weight excluding hydrogens is 623 g/mol. The first-order valence-corrected chi connectivity index (χ1v) is 17.0. The van der Waals surface area contributed by atoms with Gasteiger partial charge in [0, 0.05) is 38.7 Å². The van der Waals surface area contributed by atoms with Crippen LogP contribution in [-0.2, 0) is 0 Å². The first-order valence-electron chi connectivity index (χ1n) is 17.0. The molecule has 9 rings (SSSR count). The van der Waals surface area contributed by atoms with Gasteiger partial charge in [0.05, 0.1) is 16.7 Å². The van der Waals surface area contributed by atoms with Gasteiger partial charge in [0.2, 0.25) is 0 Å². The molecule has 0 atom stereocenters. The van der Waals surface area contributed by atoms with Crippen LogP contribution in [0.15, 0.2) is 170 Å². The predicted molar refractivity (Wildman–Crippen MR) is 208 cm³/mol.